The number of carbonyl (C=O) groups is 1. The minimum absolute atomic E-state index is 0. The Morgan fingerprint density at radius 3 is 2.63 bits per heavy atom. The fourth-order valence-electron chi connectivity index (χ4n) is 3.83. The maximum absolute atomic E-state index is 12.6. The highest BCUT2D eigenvalue weighted by Crippen LogP contribution is 2.37. The number of halogens is 1. The number of likely N-dealkylation sites (N-methyl/N-ethyl adjacent to an activating group) is 1. The summed E-state index contributed by atoms with van der Waals surface area (Å²) in [5, 5.41) is 17.0. The summed E-state index contributed by atoms with van der Waals surface area (Å²) in [6.45, 7) is 3.17. The Kier molecular flexibility index (Phi) is 11.0. The largest absolute Gasteiger partial charge is 0.492 e. The number of rotatable bonds is 11. The van der Waals surface area contributed by atoms with Crippen molar-refractivity contribution in [3.8, 4) is 17.6 Å². The molecular weight excluding hydrogens is 544 g/mol. The second kappa shape index (κ2) is 14.6. The van der Waals surface area contributed by atoms with Gasteiger partial charge in [-0.15, -0.1) is 0 Å². The number of fused-ring (bicyclic) bond motifs is 1. The van der Waals surface area contributed by atoms with Crippen molar-refractivity contribution in [1.82, 2.24) is 14.9 Å². The van der Waals surface area contributed by atoms with Gasteiger partial charge in [0.05, 0.1) is 39.8 Å². The number of ether oxygens (including phenoxy) is 2. The van der Waals surface area contributed by atoms with Crippen LogP contribution in [-0.4, -0.2) is 53.5 Å². The van der Waals surface area contributed by atoms with E-state index in [2.05, 4.69) is 26.7 Å². The van der Waals surface area contributed by atoms with Crippen LogP contribution in [0.5, 0.6) is 11.5 Å². The Morgan fingerprint density at radius 1 is 1.12 bits per heavy atom. The van der Waals surface area contributed by atoms with E-state index in [1.807, 2.05) is 44.1 Å². The topological polar surface area (TPSA) is 144 Å². The van der Waals surface area contributed by atoms with Gasteiger partial charge in [0.1, 0.15) is 24.2 Å². The number of hydrogen-bond acceptors (Lipinski definition) is 8. The number of anilines is 3. The van der Waals surface area contributed by atoms with Gasteiger partial charge in [-0.2, -0.15) is 5.26 Å². The van der Waals surface area contributed by atoms with E-state index in [0.717, 1.165) is 5.69 Å². The van der Waals surface area contributed by atoms with Crippen LogP contribution < -0.4 is 20.1 Å². The lowest BCUT2D eigenvalue weighted by Gasteiger charge is -2.16. The summed E-state index contributed by atoms with van der Waals surface area (Å²) in [6, 6.07) is 16.6. The van der Waals surface area contributed by atoms with Gasteiger partial charge >= 0.3 is 0 Å². The van der Waals surface area contributed by atoms with Gasteiger partial charge in [-0.05, 0) is 57.4 Å². The van der Waals surface area contributed by atoms with Crippen LogP contribution in [0.1, 0.15) is 18.2 Å². The van der Waals surface area contributed by atoms with Crippen LogP contribution in [-0.2, 0) is 11.4 Å². The Bertz CT molecular complexity index is 1570. The molecule has 1 amide bonds. The third-order valence-corrected chi connectivity index (χ3v) is 5.99. The summed E-state index contributed by atoms with van der Waals surface area (Å²) in [5.41, 5.74) is 3.33. The molecule has 41 heavy (non-hydrogen) atoms. The molecule has 0 aliphatic heterocycles. The summed E-state index contributed by atoms with van der Waals surface area (Å²) in [5.74, 6) is 0.686. The first-order valence-electron chi connectivity index (χ1n) is 12.6. The normalized spacial score (nSPS) is 10.7. The first kappa shape index (κ1) is 30.8. The quantitative estimate of drug-likeness (QED) is 0.235. The van der Waals surface area contributed by atoms with Crippen LogP contribution in [0.2, 0.25) is 5.02 Å². The fourth-order valence-corrected chi connectivity index (χ4v) is 4.07. The van der Waals surface area contributed by atoms with Crippen LogP contribution in [0.4, 0.5) is 17.1 Å². The molecule has 4 rings (SSSR count). The smallest absolute Gasteiger partial charge is 0.248 e. The first-order chi connectivity index (χ1) is 19.4. The number of hydrogen-bond donors (Lipinski definition) is 2. The molecule has 0 fully saturated rings. The van der Waals surface area contributed by atoms with Crippen LogP contribution in [0.15, 0.2) is 73.1 Å². The van der Waals surface area contributed by atoms with Crippen molar-refractivity contribution >= 4 is 45.5 Å². The van der Waals surface area contributed by atoms with Crippen LogP contribution >= 0.6 is 11.6 Å². The molecular formula is C30H31ClN6O4. The summed E-state index contributed by atoms with van der Waals surface area (Å²) in [7, 11) is 3.84. The highest BCUT2D eigenvalue weighted by molar-refractivity contribution is 6.32. The van der Waals surface area contributed by atoms with Crippen molar-refractivity contribution in [1.29, 1.82) is 5.26 Å². The standard InChI is InChI=1S/C30H29ClN6O3.H2O/c1-4-39-28-16-25-23(15-26(28)36-29(38)9-7-13-37(2)3)30(20(17-32)18-34-25)35-21-10-11-27(24(31)14-21)40-19-22-8-5-6-12-33-22;/h5-12,14-16,18H,4,13,19H2,1-3H3,(H,34,35)(H,36,38);1H2/b9-7+;. The Labute approximate surface area is 243 Å². The molecule has 4 N–H and O–H groups in total. The van der Waals surface area contributed by atoms with Gasteiger partial charge in [0.2, 0.25) is 5.91 Å². The molecule has 0 saturated heterocycles. The van der Waals surface area contributed by atoms with E-state index in [4.69, 9.17) is 21.1 Å². The monoisotopic (exact) mass is 574 g/mol. The van der Waals surface area contributed by atoms with Gasteiger partial charge in [-0.1, -0.05) is 23.7 Å². The lowest BCUT2D eigenvalue weighted by Crippen LogP contribution is -2.13. The average molecular weight is 575 g/mol. The number of aromatic nitrogens is 2. The fraction of sp³-hybridized carbons (Fsp3) is 0.200. The predicted molar refractivity (Wildman–Crippen MR) is 161 cm³/mol. The second-order valence-electron chi connectivity index (χ2n) is 8.99. The number of amides is 1. The molecule has 10 nitrogen and oxygen atoms in total. The van der Waals surface area contributed by atoms with Gasteiger partial charge in [0.15, 0.2) is 0 Å². The van der Waals surface area contributed by atoms with E-state index >= 15 is 0 Å². The molecule has 0 spiro atoms. The van der Waals surface area contributed by atoms with Crippen molar-refractivity contribution in [3.05, 3.63) is 89.4 Å². The summed E-state index contributed by atoms with van der Waals surface area (Å²) in [6.07, 6.45) is 6.44. The summed E-state index contributed by atoms with van der Waals surface area (Å²) in [4.78, 5) is 23.3. The SMILES string of the molecule is CCOc1cc2ncc(C#N)c(Nc3ccc(OCc4ccccn4)c(Cl)c3)c2cc1NC(=O)/C=C/CN(C)C.O. The van der Waals surface area contributed by atoms with Crippen molar-refractivity contribution in [2.75, 3.05) is 37.9 Å². The number of carbonyl (C=O) groups excluding carboxylic acids is 1. The maximum Gasteiger partial charge on any atom is 0.248 e. The summed E-state index contributed by atoms with van der Waals surface area (Å²) >= 11 is 6.52. The number of benzene rings is 2. The van der Waals surface area contributed by atoms with Crippen LogP contribution in [0, 0.1) is 11.3 Å². The molecule has 212 valence electrons. The molecule has 0 bridgehead atoms. The van der Waals surface area contributed by atoms with Gasteiger partial charge in [-0.25, -0.2) is 0 Å². The van der Waals surface area contributed by atoms with Crippen molar-refractivity contribution < 1.29 is 19.7 Å². The van der Waals surface area contributed by atoms with Crippen molar-refractivity contribution in [2.24, 2.45) is 0 Å². The zero-order chi connectivity index (χ0) is 28.5. The molecule has 11 heteroatoms. The third kappa shape index (κ3) is 8.16. The lowest BCUT2D eigenvalue weighted by atomic mass is 10.1. The van der Waals surface area contributed by atoms with Crippen LogP contribution in [0.25, 0.3) is 10.9 Å². The van der Waals surface area contributed by atoms with Gasteiger partial charge < -0.3 is 30.5 Å². The molecule has 0 radical (unpaired) electrons. The molecule has 2 heterocycles. The molecule has 0 aliphatic rings. The van der Waals surface area contributed by atoms with E-state index in [0.29, 0.717) is 63.2 Å². The van der Waals surface area contributed by atoms with E-state index < -0.39 is 0 Å². The maximum atomic E-state index is 12.6. The van der Waals surface area contributed by atoms with Crippen molar-refractivity contribution in [3.63, 3.8) is 0 Å². The Balaban J connectivity index is 0.00000462. The second-order valence-corrected chi connectivity index (χ2v) is 9.40. The lowest BCUT2D eigenvalue weighted by molar-refractivity contribution is -0.111. The van der Waals surface area contributed by atoms with Gasteiger partial charge in [0.25, 0.3) is 0 Å². The third-order valence-electron chi connectivity index (χ3n) is 5.69. The van der Waals surface area contributed by atoms with Crippen molar-refractivity contribution in [2.45, 2.75) is 13.5 Å². The predicted octanol–water partition coefficient (Wildman–Crippen LogP) is 5.11. The number of nitrogens with zero attached hydrogens (tertiary/aromatic N) is 4. The minimum Gasteiger partial charge on any atom is -0.492 e. The highest BCUT2D eigenvalue weighted by Gasteiger charge is 2.16. The zero-order valence-corrected chi connectivity index (χ0v) is 23.7. The summed E-state index contributed by atoms with van der Waals surface area (Å²) < 4.78 is 11.6. The number of nitriles is 1. The van der Waals surface area contributed by atoms with Gasteiger partial charge in [0, 0.05) is 42.2 Å². The van der Waals surface area contributed by atoms with E-state index in [-0.39, 0.29) is 18.0 Å². The molecule has 2 aromatic carbocycles. The Morgan fingerprint density at radius 2 is 1.95 bits per heavy atom. The molecule has 0 aliphatic carbocycles. The molecule has 0 saturated carbocycles. The van der Waals surface area contributed by atoms with E-state index in [1.165, 1.54) is 12.3 Å². The van der Waals surface area contributed by atoms with E-state index in [9.17, 15) is 10.1 Å². The number of nitrogens with one attached hydrogen (secondary N) is 2. The highest BCUT2D eigenvalue weighted by atomic mass is 35.5. The first-order valence-corrected chi connectivity index (χ1v) is 13.0. The average Bonchev–Trinajstić information content (AvgIpc) is 2.94. The van der Waals surface area contributed by atoms with Gasteiger partial charge in [-0.3, -0.25) is 14.8 Å². The minimum atomic E-state index is -0.297. The van der Waals surface area contributed by atoms with Crippen LogP contribution in [0.3, 0.4) is 0 Å². The molecule has 0 unspecified atom stereocenters. The number of pyridine rings is 2. The molecule has 4 aromatic rings. The zero-order valence-electron chi connectivity index (χ0n) is 22.9. The van der Waals surface area contributed by atoms with E-state index in [1.54, 1.807) is 42.6 Å². The molecule has 2 aromatic heterocycles. The Hall–Kier alpha value is -4.69. The molecule has 0 atom stereocenters.